The molecule has 0 saturated heterocycles. The maximum atomic E-state index is 12.7. The van der Waals surface area contributed by atoms with E-state index >= 15 is 0 Å². The van der Waals surface area contributed by atoms with Crippen molar-refractivity contribution in [2.75, 3.05) is 4.72 Å². The average Bonchev–Trinajstić information content (AvgIpc) is 2.75. The van der Waals surface area contributed by atoms with Gasteiger partial charge in [-0.25, -0.2) is 8.42 Å². The number of nitrogens with one attached hydrogen (secondary N) is 2. The van der Waals surface area contributed by atoms with Crippen molar-refractivity contribution in [2.24, 2.45) is 0 Å². The molecule has 1 amide bonds. The summed E-state index contributed by atoms with van der Waals surface area (Å²) in [5, 5.41) is 3.11. The fourth-order valence-corrected chi connectivity index (χ4v) is 4.73. The van der Waals surface area contributed by atoms with Crippen molar-refractivity contribution in [1.82, 2.24) is 5.32 Å². The Bertz CT molecular complexity index is 1110. The van der Waals surface area contributed by atoms with Gasteiger partial charge in [-0.3, -0.25) is 9.52 Å². The summed E-state index contributed by atoms with van der Waals surface area (Å²) < 4.78 is 27.4. The first-order chi connectivity index (χ1) is 14.0. The Balaban J connectivity index is 1.45. The molecule has 148 valence electrons. The van der Waals surface area contributed by atoms with Gasteiger partial charge in [0.1, 0.15) is 0 Å². The number of sulfonamides is 1. The molecule has 6 heteroatoms. The molecule has 0 aromatic heterocycles. The van der Waals surface area contributed by atoms with Crippen molar-refractivity contribution in [3.8, 4) is 0 Å². The number of fused-ring (bicyclic) bond motifs is 1. The summed E-state index contributed by atoms with van der Waals surface area (Å²) in [6.07, 6.45) is 3.00. The molecular weight excluding hydrogens is 384 g/mol. The molecule has 0 unspecified atom stereocenters. The number of amides is 1. The van der Waals surface area contributed by atoms with Crippen molar-refractivity contribution in [1.29, 1.82) is 0 Å². The lowest BCUT2D eigenvalue weighted by Crippen LogP contribution is -2.30. The maximum Gasteiger partial charge on any atom is 0.261 e. The molecule has 0 heterocycles. The number of rotatable bonds is 5. The Morgan fingerprint density at radius 1 is 0.862 bits per heavy atom. The van der Waals surface area contributed by atoms with Gasteiger partial charge in [0.2, 0.25) is 0 Å². The second-order valence-corrected chi connectivity index (χ2v) is 8.80. The molecule has 1 atom stereocenters. The molecule has 3 aromatic carbocycles. The third-order valence-electron chi connectivity index (χ3n) is 5.13. The van der Waals surface area contributed by atoms with Crippen LogP contribution in [0.3, 0.4) is 0 Å². The molecule has 0 aliphatic heterocycles. The number of anilines is 1. The van der Waals surface area contributed by atoms with Crippen LogP contribution >= 0.6 is 0 Å². The highest BCUT2D eigenvalue weighted by Crippen LogP contribution is 2.29. The molecule has 4 rings (SSSR count). The molecule has 1 aliphatic carbocycles. The van der Waals surface area contributed by atoms with Crippen molar-refractivity contribution >= 4 is 21.6 Å². The van der Waals surface area contributed by atoms with Crippen LogP contribution in [0.5, 0.6) is 0 Å². The SMILES string of the molecule is O=C(N[C@H]1CCCc2ccccc21)c1ccc(NS(=O)(=O)c2ccccc2)cc1. The zero-order valence-corrected chi connectivity index (χ0v) is 16.7. The van der Waals surface area contributed by atoms with Crippen LogP contribution in [0.2, 0.25) is 0 Å². The lowest BCUT2D eigenvalue weighted by Gasteiger charge is -2.26. The fourth-order valence-electron chi connectivity index (χ4n) is 3.65. The number of benzene rings is 3. The fraction of sp³-hybridized carbons (Fsp3) is 0.174. The molecule has 3 aromatic rings. The smallest absolute Gasteiger partial charge is 0.261 e. The topological polar surface area (TPSA) is 75.3 Å². The summed E-state index contributed by atoms with van der Waals surface area (Å²) >= 11 is 0. The summed E-state index contributed by atoms with van der Waals surface area (Å²) in [5.74, 6) is -0.163. The largest absolute Gasteiger partial charge is 0.345 e. The Morgan fingerprint density at radius 3 is 2.31 bits per heavy atom. The van der Waals surface area contributed by atoms with Crippen LogP contribution in [0.15, 0.2) is 83.8 Å². The van der Waals surface area contributed by atoms with Crippen LogP contribution < -0.4 is 10.0 Å². The molecule has 29 heavy (non-hydrogen) atoms. The third kappa shape index (κ3) is 4.32. The van der Waals surface area contributed by atoms with Crippen molar-refractivity contribution < 1.29 is 13.2 Å². The molecule has 0 bridgehead atoms. The Morgan fingerprint density at radius 2 is 1.55 bits per heavy atom. The van der Waals surface area contributed by atoms with E-state index in [1.807, 2.05) is 12.1 Å². The van der Waals surface area contributed by atoms with Gasteiger partial charge in [-0.05, 0) is 66.8 Å². The van der Waals surface area contributed by atoms with Gasteiger partial charge in [-0.2, -0.15) is 0 Å². The molecule has 0 fully saturated rings. The number of aryl methyl sites for hydroxylation is 1. The summed E-state index contributed by atoms with van der Waals surface area (Å²) in [4.78, 5) is 12.9. The number of hydrogen-bond donors (Lipinski definition) is 2. The van der Waals surface area contributed by atoms with E-state index in [0.29, 0.717) is 11.3 Å². The standard InChI is InChI=1S/C23H22N2O3S/c26-23(24-22-12-6-8-17-7-4-5-11-21(17)22)18-13-15-19(16-14-18)25-29(27,28)20-9-2-1-3-10-20/h1-5,7,9-11,13-16,22,25H,6,8,12H2,(H,24,26)/t22-/m0/s1. The molecular formula is C23H22N2O3S. The van der Waals surface area contributed by atoms with Gasteiger partial charge in [0.15, 0.2) is 0 Å². The second kappa shape index (κ2) is 8.09. The minimum absolute atomic E-state index is 0.00344. The van der Waals surface area contributed by atoms with Crippen LogP contribution in [-0.2, 0) is 16.4 Å². The van der Waals surface area contributed by atoms with Gasteiger partial charge in [0, 0.05) is 11.3 Å². The first-order valence-corrected chi connectivity index (χ1v) is 11.1. The number of hydrogen-bond acceptors (Lipinski definition) is 3. The molecule has 1 aliphatic rings. The zero-order chi connectivity index (χ0) is 20.3. The minimum atomic E-state index is -3.65. The molecule has 2 N–H and O–H groups in total. The van der Waals surface area contributed by atoms with E-state index < -0.39 is 10.0 Å². The van der Waals surface area contributed by atoms with Crippen molar-refractivity contribution in [2.45, 2.75) is 30.2 Å². The predicted octanol–water partition coefficient (Wildman–Crippen LogP) is 4.29. The quantitative estimate of drug-likeness (QED) is 0.664. The lowest BCUT2D eigenvalue weighted by atomic mass is 9.87. The summed E-state index contributed by atoms with van der Waals surface area (Å²) in [6.45, 7) is 0. The predicted molar refractivity (Wildman–Crippen MR) is 113 cm³/mol. The van der Waals surface area contributed by atoms with Gasteiger partial charge in [0.25, 0.3) is 15.9 Å². The maximum absolute atomic E-state index is 12.7. The summed E-state index contributed by atoms with van der Waals surface area (Å²) in [5.41, 5.74) is 3.37. The van der Waals surface area contributed by atoms with Crippen LogP contribution in [0.25, 0.3) is 0 Å². The minimum Gasteiger partial charge on any atom is -0.345 e. The average molecular weight is 407 g/mol. The van der Waals surface area contributed by atoms with Crippen LogP contribution in [0.1, 0.15) is 40.4 Å². The number of carbonyl (C=O) groups excluding carboxylic acids is 1. The molecule has 0 radical (unpaired) electrons. The summed E-state index contributed by atoms with van der Waals surface area (Å²) in [7, 11) is -3.65. The van der Waals surface area contributed by atoms with Gasteiger partial charge in [-0.1, -0.05) is 42.5 Å². The Kier molecular flexibility index (Phi) is 5.36. The molecule has 0 saturated carbocycles. The molecule has 0 spiro atoms. The van der Waals surface area contributed by atoms with E-state index in [9.17, 15) is 13.2 Å². The Labute approximate surface area is 170 Å². The number of carbonyl (C=O) groups is 1. The van der Waals surface area contributed by atoms with Gasteiger partial charge in [0.05, 0.1) is 10.9 Å². The third-order valence-corrected chi connectivity index (χ3v) is 6.52. The van der Waals surface area contributed by atoms with Gasteiger partial charge < -0.3 is 5.32 Å². The first kappa shape index (κ1) is 19.2. The highest BCUT2D eigenvalue weighted by molar-refractivity contribution is 7.92. The van der Waals surface area contributed by atoms with Crippen LogP contribution in [-0.4, -0.2) is 14.3 Å². The molecule has 5 nitrogen and oxygen atoms in total. The van der Waals surface area contributed by atoms with E-state index in [-0.39, 0.29) is 16.8 Å². The van der Waals surface area contributed by atoms with Crippen LogP contribution in [0, 0.1) is 0 Å². The highest BCUT2D eigenvalue weighted by atomic mass is 32.2. The van der Waals surface area contributed by atoms with Gasteiger partial charge in [-0.15, -0.1) is 0 Å². The highest BCUT2D eigenvalue weighted by Gasteiger charge is 2.22. The monoisotopic (exact) mass is 406 g/mol. The Hall–Kier alpha value is -3.12. The van der Waals surface area contributed by atoms with E-state index in [1.54, 1.807) is 42.5 Å². The summed E-state index contributed by atoms with van der Waals surface area (Å²) in [6, 6.07) is 22.8. The van der Waals surface area contributed by atoms with Crippen molar-refractivity contribution in [3.63, 3.8) is 0 Å². The normalized spacial score (nSPS) is 15.9. The lowest BCUT2D eigenvalue weighted by molar-refractivity contribution is 0.0933. The van der Waals surface area contributed by atoms with Crippen molar-refractivity contribution in [3.05, 3.63) is 95.6 Å². The second-order valence-electron chi connectivity index (χ2n) is 7.11. The van der Waals surface area contributed by atoms with E-state index in [0.717, 1.165) is 19.3 Å². The van der Waals surface area contributed by atoms with E-state index in [2.05, 4.69) is 22.2 Å². The van der Waals surface area contributed by atoms with Gasteiger partial charge >= 0.3 is 0 Å². The van der Waals surface area contributed by atoms with Crippen LogP contribution in [0.4, 0.5) is 5.69 Å². The van der Waals surface area contributed by atoms with E-state index in [4.69, 9.17) is 0 Å². The zero-order valence-electron chi connectivity index (χ0n) is 15.8. The first-order valence-electron chi connectivity index (χ1n) is 9.59. The van der Waals surface area contributed by atoms with E-state index in [1.165, 1.54) is 23.3 Å².